The van der Waals surface area contributed by atoms with Gasteiger partial charge in [0.2, 0.25) is 5.95 Å². The molecule has 1 aliphatic heterocycles. The van der Waals surface area contributed by atoms with E-state index in [1.54, 1.807) is 0 Å². The standard InChI is InChI=1S/C21H22FN3O3S/c22-16-10-23-21-24-12-2-1-3-13(8-12)28-4-5-29-18-7-11-6-14(18)15(9-17(16)25-21)19(11)20(26)27/h1-3,8,10-11,14-15,18-19H,4-7,9H2,(H,26,27)(H,23,24,25)/t11-,14+,15-,18-,19+/m1/s1. The minimum Gasteiger partial charge on any atom is -0.493 e. The predicted molar refractivity (Wildman–Crippen MR) is 108 cm³/mol. The average molecular weight is 415 g/mol. The predicted octanol–water partition coefficient (Wildman–Crippen LogP) is 3.75. The number of aliphatic carboxylic acids is 1. The number of nitrogens with zero attached hydrogens (tertiary/aromatic N) is 2. The average Bonchev–Trinajstić information content (AvgIpc) is 3.26. The van der Waals surface area contributed by atoms with Gasteiger partial charge in [0.15, 0.2) is 5.82 Å². The smallest absolute Gasteiger partial charge is 0.307 e. The van der Waals surface area contributed by atoms with Crippen molar-refractivity contribution in [3.63, 3.8) is 0 Å². The zero-order valence-electron chi connectivity index (χ0n) is 15.8. The van der Waals surface area contributed by atoms with E-state index < -0.39 is 17.7 Å². The molecule has 2 aliphatic carbocycles. The highest BCUT2D eigenvalue weighted by atomic mass is 32.2. The molecular weight excluding hydrogens is 393 g/mol. The van der Waals surface area contributed by atoms with Crippen LogP contribution in [0.25, 0.3) is 0 Å². The summed E-state index contributed by atoms with van der Waals surface area (Å²) in [5, 5.41) is 13.3. The molecule has 8 heteroatoms. The monoisotopic (exact) mass is 415 g/mol. The van der Waals surface area contributed by atoms with Crippen molar-refractivity contribution in [2.45, 2.75) is 24.5 Å². The highest BCUT2D eigenvalue weighted by molar-refractivity contribution is 7.99. The lowest BCUT2D eigenvalue weighted by molar-refractivity contribution is -0.145. The second-order valence-corrected chi connectivity index (χ2v) is 9.37. The number of carbonyl (C=O) groups is 1. The Labute approximate surface area is 172 Å². The maximum atomic E-state index is 14.5. The maximum absolute atomic E-state index is 14.5. The number of ether oxygens (including phenoxy) is 1. The summed E-state index contributed by atoms with van der Waals surface area (Å²) in [7, 11) is 0. The SMILES string of the molecule is O=C(O)[C@H]1[C@@H]2C[C@H]3[C@H]1Cc1nc(ncc1F)Nc1cccc(c1)OCCS[C@@H]3C2. The Morgan fingerprint density at radius 2 is 2.21 bits per heavy atom. The number of fused-ring (bicyclic) bond motifs is 5. The van der Waals surface area contributed by atoms with E-state index >= 15 is 0 Å². The molecule has 0 spiro atoms. The van der Waals surface area contributed by atoms with Crippen LogP contribution in [0, 0.1) is 29.5 Å². The number of thioether (sulfide) groups is 1. The van der Waals surface area contributed by atoms with Crippen LogP contribution in [-0.4, -0.2) is 38.7 Å². The number of carboxylic acid groups (broad SMARTS) is 1. The summed E-state index contributed by atoms with van der Waals surface area (Å²) in [6, 6.07) is 7.52. The summed E-state index contributed by atoms with van der Waals surface area (Å²) in [6.45, 7) is 0.591. The molecule has 2 fully saturated rings. The second kappa shape index (κ2) is 7.48. The summed E-state index contributed by atoms with van der Waals surface area (Å²) in [4.78, 5) is 20.4. The van der Waals surface area contributed by atoms with Gasteiger partial charge >= 0.3 is 5.97 Å². The highest BCUT2D eigenvalue weighted by Crippen LogP contribution is 2.56. The van der Waals surface area contributed by atoms with E-state index in [9.17, 15) is 14.3 Å². The number of nitrogens with one attached hydrogen (secondary N) is 1. The van der Waals surface area contributed by atoms with Crippen molar-refractivity contribution in [2.75, 3.05) is 17.7 Å². The van der Waals surface area contributed by atoms with Crippen molar-refractivity contribution in [3.8, 4) is 5.75 Å². The Kier molecular flexibility index (Phi) is 4.81. The molecule has 3 aliphatic rings. The molecule has 0 amide bonds. The third-order valence-corrected chi connectivity index (χ3v) is 7.78. The van der Waals surface area contributed by atoms with E-state index in [-0.39, 0.29) is 23.4 Å². The first-order valence-electron chi connectivity index (χ1n) is 9.94. The van der Waals surface area contributed by atoms with Gasteiger partial charge in [-0.2, -0.15) is 11.8 Å². The van der Waals surface area contributed by atoms with Crippen molar-refractivity contribution in [2.24, 2.45) is 23.7 Å². The number of aromatic nitrogens is 2. The molecule has 2 N–H and O–H groups in total. The van der Waals surface area contributed by atoms with Crippen LogP contribution in [0.2, 0.25) is 0 Å². The molecular formula is C21H22FN3O3S. The lowest BCUT2D eigenvalue weighted by atomic mass is 9.76. The number of hydrogen-bond acceptors (Lipinski definition) is 6. The Bertz CT molecular complexity index is 943. The van der Waals surface area contributed by atoms with Crippen molar-refractivity contribution in [1.29, 1.82) is 0 Å². The van der Waals surface area contributed by atoms with Gasteiger partial charge in [0, 0.05) is 22.8 Å². The van der Waals surface area contributed by atoms with Gasteiger partial charge in [-0.3, -0.25) is 4.79 Å². The van der Waals surface area contributed by atoms with Gasteiger partial charge in [-0.25, -0.2) is 14.4 Å². The van der Waals surface area contributed by atoms with E-state index in [1.807, 2.05) is 36.0 Å². The van der Waals surface area contributed by atoms with Gasteiger partial charge in [-0.1, -0.05) is 6.07 Å². The van der Waals surface area contributed by atoms with Gasteiger partial charge in [0.25, 0.3) is 0 Å². The Morgan fingerprint density at radius 3 is 3.07 bits per heavy atom. The minimum absolute atomic E-state index is 0.104. The first kappa shape index (κ1) is 18.7. The topological polar surface area (TPSA) is 84.3 Å². The van der Waals surface area contributed by atoms with Crippen molar-refractivity contribution in [3.05, 3.63) is 42.0 Å². The van der Waals surface area contributed by atoms with Crippen LogP contribution in [0.4, 0.5) is 16.0 Å². The van der Waals surface area contributed by atoms with Gasteiger partial charge < -0.3 is 15.2 Å². The molecule has 0 unspecified atom stereocenters. The van der Waals surface area contributed by atoms with Gasteiger partial charge in [0.05, 0.1) is 24.4 Å². The van der Waals surface area contributed by atoms with Gasteiger partial charge in [-0.15, -0.1) is 0 Å². The Morgan fingerprint density at radius 1 is 1.31 bits per heavy atom. The van der Waals surface area contributed by atoms with Crippen LogP contribution >= 0.6 is 11.8 Å². The van der Waals surface area contributed by atoms with Crippen LogP contribution in [0.15, 0.2) is 30.5 Å². The fourth-order valence-corrected chi connectivity index (χ4v) is 6.69. The van der Waals surface area contributed by atoms with Crippen molar-refractivity contribution < 1.29 is 19.0 Å². The van der Waals surface area contributed by atoms with Crippen LogP contribution < -0.4 is 10.1 Å². The van der Waals surface area contributed by atoms with Crippen LogP contribution in [0.5, 0.6) is 5.75 Å². The second-order valence-electron chi connectivity index (χ2n) is 8.03. The number of halogens is 1. The van der Waals surface area contributed by atoms with E-state index in [1.165, 1.54) is 0 Å². The lowest BCUT2D eigenvalue weighted by Crippen LogP contribution is -2.36. The molecule has 6 nitrogen and oxygen atoms in total. The summed E-state index contributed by atoms with van der Waals surface area (Å²) < 4.78 is 20.4. The largest absolute Gasteiger partial charge is 0.493 e. The first-order chi connectivity index (χ1) is 14.1. The molecule has 2 heterocycles. The number of anilines is 2. The van der Waals surface area contributed by atoms with E-state index in [0.717, 1.165) is 36.2 Å². The Hall–Kier alpha value is -2.35. The fourth-order valence-electron chi connectivity index (χ4n) is 5.27. The molecule has 152 valence electrons. The van der Waals surface area contributed by atoms with Crippen LogP contribution in [0.3, 0.4) is 0 Å². The normalized spacial score (nSPS) is 30.6. The summed E-state index contributed by atoms with van der Waals surface area (Å²) in [5.74, 6) is 0.552. The highest BCUT2D eigenvalue weighted by Gasteiger charge is 2.55. The summed E-state index contributed by atoms with van der Waals surface area (Å²) in [5.41, 5.74) is 1.05. The molecule has 2 saturated carbocycles. The summed E-state index contributed by atoms with van der Waals surface area (Å²) >= 11 is 1.86. The number of hydrogen-bond donors (Lipinski definition) is 2. The zero-order chi connectivity index (χ0) is 20.0. The molecule has 0 saturated heterocycles. The molecule has 5 rings (SSSR count). The molecule has 1 aromatic heterocycles. The van der Waals surface area contributed by atoms with Crippen LogP contribution in [0.1, 0.15) is 18.5 Å². The minimum atomic E-state index is -0.768. The van der Waals surface area contributed by atoms with Gasteiger partial charge in [-0.05, 0) is 49.1 Å². The third kappa shape index (κ3) is 3.54. The quantitative estimate of drug-likeness (QED) is 0.734. The number of benzene rings is 1. The number of rotatable bonds is 1. The first-order valence-corrected chi connectivity index (χ1v) is 11.0. The molecule has 29 heavy (non-hydrogen) atoms. The Balaban J connectivity index is 1.51. The lowest BCUT2D eigenvalue weighted by Gasteiger charge is -2.33. The molecule has 0 radical (unpaired) electrons. The maximum Gasteiger partial charge on any atom is 0.307 e. The fraction of sp³-hybridized carbons (Fsp3) is 0.476. The third-order valence-electron chi connectivity index (χ3n) is 6.41. The molecule has 5 atom stereocenters. The molecule has 1 aromatic carbocycles. The van der Waals surface area contributed by atoms with E-state index in [2.05, 4.69) is 15.3 Å². The van der Waals surface area contributed by atoms with Crippen molar-refractivity contribution in [1.82, 2.24) is 9.97 Å². The van der Waals surface area contributed by atoms with E-state index in [4.69, 9.17) is 4.74 Å². The molecule has 6 bridgehead atoms. The molecule has 2 aromatic rings. The zero-order valence-corrected chi connectivity index (χ0v) is 16.6. The number of carboxylic acids is 1. The van der Waals surface area contributed by atoms with Gasteiger partial charge in [0.1, 0.15) is 5.75 Å². The van der Waals surface area contributed by atoms with Crippen molar-refractivity contribution >= 4 is 29.4 Å². The van der Waals surface area contributed by atoms with E-state index in [0.29, 0.717) is 24.2 Å². The summed E-state index contributed by atoms with van der Waals surface area (Å²) in [6.07, 6.45) is 3.31. The van der Waals surface area contributed by atoms with Crippen LogP contribution in [-0.2, 0) is 11.2 Å².